The number of hydrogen-bond donors (Lipinski definition) is 1. The molecule has 1 fully saturated rings. The predicted octanol–water partition coefficient (Wildman–Crippen LogP) is 3.06. The minimum Gasteiger partial charge on any atom is -0.316 e. The lowest BCUT2D eigenvalue weighted by atomic mass is 9.71. The van der Waals surface area contributed by atoms with Gasteiger partial charge in [0.1, 0.15) is 0 Å². The topological polar surface area (TPSA) is 12.0 Å². The van der Waals surface area contributed by atoms with Gasteiger partial charge in [0.25, 0.3) is 0 Å². The molecule has 1 aliphatic rings. The fraction of sp³-hybridized carbons (Fsp3) is 1.00. The second-order valence-corrected chi connectivity index (χ2v) is 5.21. The molecular weight excluding hydrogens is 158 g/mol. The lowest BCUT2D eigenvalue weighted by molar-refractivity contribution is 0.132. The zero-order valence-electron chi connectivity index (χ0n) is 9.69. The quantitative estimate of drug-likeness (QED) is 0.709. The highest BCUT2D eigenvalue weighted by Gasteiger charge is 2.31. The van der Waals surface area contributed by atoms with Crippen LogP contribution in [0.5, 0.6) is 0 Å². The van der Waals surface area contributed by atoms with Crippen molar-refractivity contribution in [1.82, 2.24) is 5.32 Å². The van der Waals surface area contributed by atoms with Crippen LogP contribution in [0.25, 0.3) is 0 Å². The third-order valence-corrected chi connectivity index (χ3v) is 4.04. The van der Waals surface area contributed by atoms with E-state index in [2.05, 4.69) is 33.0 Å². The Morgan fingerprint density at radius 1 is 1.23 bits per heavy atom. The summed E-state index contributed by atoms with van der Waals surface area (Å²) in [5.41, 5.74) is 0.529. The Labute approximate surface area is 83.3 Å². The molecule has 1 N–H and O–H groups in total. The van der Waals surface area contributed by atoms with E-state index < -0.39 is 0 Å². The normalized spacial score (nSPS) is 30.5. The minimum absolute atomic E-state index is 0.529. The molecule has 1 aliphatic heterocycles. The molecule has 0 saturated carbocycles. The van der Waals surface area contributed by atoms with Crippen LogP contribution in [-0.4, -0.2) is 13.1 Å². The van der Waals surface area contributed by atoms with Crippen LogP contribution in [0.1, 0.15) is 47.0 Å². The van der Waals surface area contributed by atoms with Crippen LogP contribution in [0.4, 0.5) is 0 Å². The molecule has 13 heavy (non-hydrogen) atoms. The Hall–Kier alpha value is -0.0400. The van der Waals surface area contributed by atoms with E-state index in [-0.39, 0.29) is 0 Å². The molecule has 2 unspecified atom stereocenters. The van der Waals surface area contributed by atoms with Crippen molar-refractivity contribution < 1.29 is 0 Å². The van der Waals surface area contributed by atoms with Gasteiger partial charge in [-0.1, -0.05) is 40.5 Å². The molecule has 1 saturated heterocycles. The summed E-state index contributed by atoms with van der Waals surface area (Å²) in [7, 11) is 0. The fourth-order valence-corrected chi connectivity index (χ4v) is 2.23. The SMILES string of the molecule is CCC1CNCC(C(C)(C)CC)C1. The molecular formula is C12H25N. The summed E-state index contributed by atoms with van der Waals surface area (Å²) in [6.07, 6.45) is 4.07. The van der Waals surface area contributed by atoms with Crippen molar-refractivity contribution in [3.05, 3.63) is 0 Å². The van der Waals surface area contributed by atoms with Gasteiger partial charge in [-0.2, -0.15) is 0 Å². The molecule has 1 heterocycles. The number of piperidine rings is 1. The largest absolute Gasteiger partial charge is 0.316 e. The summed E-state index contributed by atoms with van der Waals surface area (Å²) in [6.45, 7) is 11.9. The van der Waals surface area contributed by atoms with Crippen LogP contribution in [0.3, 0.4) is 0 Å². The monoisotopic (exact) mass is 183 g/mol. The minimum atomic E-state index is 0.529. The summed E-state index contributed by atoms with van der Waals surface area (Å²) in [6, 6.07) is 0. The van der Waals surface area contributed by atoms with Crippen LogP contribution in [0.2, 0.25) is 0 Å². The van der Waals surface area contributed by atoms with Gasteiger partial charge in [0.15, 0.2) is 0 Å². The maximum Gasteiger partial charge on any atom is -0.00152 e. The smallest absolute Gasteiger partial charge is 0.00152 e. The van der Waals surface area contributed by atoms with Crippen LogP contribution in [-0.2, 0) is 0 Å². The van der Waals surface area contributed by atoms with E-state index >= 15 is 0 Å². The lowest BCUT2D eigenvalue weighted by Gasteiger charge is -2.39. The van der Waals surface area contributed by atoms with Gasteiger partial charge in [-0.25, -0.2) is 0 Å². The predicted molar refractivity (Wildman–Crippen MR) is 58.8 cm³/mol. The van der Waals surface area contributed by atoms with Crippen LogP contribution < -0.4 is 5.32 Å². The first-order valence-corrected chi connectivity index (χ1v) is 5.80. The molecule has 2 atom stereocenters. The summed E-state index contributed by atoms with van der Waals surface area (Å²) in [5.74, 6) is 1.81. The maximum atomic E-state index is 3.58. The van der Waals surface area contributed by atoms with Crippen molar-refractivity contribution in [2.45, 2.75) is 47.0 Å². The number of hydrogen-bond acceptors (Lipinski definition) is 1. The summed E-state index contributed by atoms with van der Waals surface area (Å²) in [4.78, 5) is 0. The van der Waals surface area contributed by atoms with Gasteiger partial charge in [0.2, 0.25) is 0 Å². The third kappa shape index (κ3) is 2.70. The molecule has 0 bridgehead atoms. The fourth-order valence-electron chi connectivity index (χ4n) is 2.23. The van der Waals surface area contributed by atoms with Crippen molar-refractivity contribution in [3.63, 3.8) is 0 Å². The van der Waals surface area contributed by atoms with Crippen LogP contribution in [0.15, 0.2) is 0 Å². The molecule has 1 heteroatoms. The highest BCUT2D eigenvalue weighted by molar-refractivity contribution is 4.84. The zero-order valence-corrected chi connectivity index (χ0v) is 9.69. The molecule has 1 rings (SSSR count). The van der Waals surface area contributed by atoms with E-state index in [0.29, 0.717) is 5.41 Å². The van der Waals surface area contributed by atoms with E-state index in [9.17, 15) is 0 Å². The Morgan fingerprint density at radius 2 is 1.92 bits per heavy atom. The molecule has 0 amide bonds. The first-order chi connectivity index (χ1) is 6.10. The van der Waals surface area contributed by atoms with Gasteiger partial charge in [0, 0.05) is 0 Å². The summed E-state index contributed by atoms with van der Waals surface area (Å²) >= 11 is 0. The van der Waals surface area contributed by atoms with Crippen LogP contribution >= 0.6 is 0 Å². The van der Waals surface area contributed by atoms with Gasteiger partial charge in [0.05, 0.1) is 0 Å². The van der Waals surface area contributed by atoms with Gasteiger partial charge in [-0.3, -0.25) is 0 Å². The van der Waals surface area contributed by atoms with E-state index in [4.69, 9.17) is 0 Å². The molecule has 0 spiro atoms. The van der Waals surface area contributed by atoms with E-state index in [1.807, 2.05) is 0 Å². The first kappa shape index (κ1) is 11.0. The molecule has 0 aromatic rings. The molecule has 0 aromatic carbocycles. The third-order valence-electron chi connectivity index (χ3n) is 4.04. The Bertz CT molecular complexity index is 151. The number of rotatable bonds is 3. The molecule has 0 aromatic heterocycles. The zero-order chi connectivity index (χ0) is 9.90. The molecule has 0 radical (unpaired) electrons. The second-order valence-electron chi connectivity index (χ2n) is 5.21. The summed E-state index contributed by atoms with van der Waals surface area (Å²) in [5, 5.41) is 3.58. The molecule has 78 valence electrons. The van der Waals surface area contributed by atoms with Crippen molar-refractivity contribution in [3.8, 4) is 0 Å². The average molecular weight is 183 g/mol. The van der Waals surface area contributed by atoms with Gasteiger partial charge < -0.3 is 5.32 Å². The van der Waals surface area contributed by atoms with Gasteiger partial charge in [-0.15, -0.1) is 0 Å². The maximum absolute atomic E-state index is 3.58. The molecule has 0 aliphatic carbocycles. The van der Waals surface area contributed by atoms with Crippen molar-refractivity contribution in [2.75, 3.05) is 13.1 Å². The Kier molecular flexibility index (Phi) is 3.78. The van der Waals surface area contributed by atoms with Gasteiger partial charge >= 0.3 is 0 Å². The van der Waals surface area contributed by atoms with E-state index in [0.717, 1.165) is 11.8 Å². The van der Waals surface area contributed by atoms with Crippen molar-refractivity contribution in [2.24, 2.45) is 17.3 Å². The van der Waals surface area contributed by atoms with E-state index in [1.54, 1.807) is 0 Å². The van der Waals surface area contributed by atoms with Crippen LogP contribution in [0, 0.1) is 17.3 Å². The van der Waals surface area contributed by atoms with Gasteiger partial charge in [-0.05, 0) is 36.8 Å². The standard InChI is InChI=1S/C12H25N/c1-5-10-7-11(9-13-8-10)12(3,4)6-2/h10-11,13H,5-9H2,1-4H3. The molecule has 1 nitrogen and oxygen atoms in total. The Balaban J connectivity index is 2.50. The number of nitrogens with one attached hydrogen (secondary N) is 1. The second kappa shape index (κ2) is 4.45. The first-order valence-electron chi connectivity index (χ1n) is 5.80. The Morgan fingerprint density at radius 3 is 2.46 bits per heavy atom. The highest BCUT2D eigenvalue weighted by Crippen LogP contribution is 2.36. The highest BCUT2D eigenvalue weighted by atomic mass is 14.9. The summed E-state index contributed by atoms with van der Waals surface area (Å²) < 4.78 is 0. The van der Waals surface area contributed by atoms with Crippen molar-refractivity contribution in [1.29, 1.82) is 0 Å². The van der Waals surface area contributed by atoms with E-state index in [1.165, 1.54) is 32.4 Å². The lowest BCUT2D eigenvalue weighted by Crippen LogP contribution is -2.42. The average Bonchev–Trinajstić information content (AvgIpc) is 2.18. The van der Waals surface area contributed by atoms with Crippen molar-refractivity contribution >= 4 is 0 Å².